The number of carbonyl (C=O) groups is 2. The van der Waals surface area contributed by atoms with Gasteiger partial charge in [-0.1, -0.05) is 13.8 Å². The second-order valence-electron chi connectivity index (χ2n) is 5.93. The summed E-state index contributed by atoms with van der Waals surface area (Å²) in [5.41, 5.74) is -0.623. The average Bonchev–Trinajstić information content (AvgIpc) is 2.29. The van der Waals surface area contributed by atoms with Crippen molar-refractivity contribution in [3.8, 4) is 0 Å². The Balaban J connectivity index is 2.23. The Bertz CT molecular complexity index is 319. The minimum Gasteiger partial charge on any atom is -0.390 e. The molecule has 3 amide bonds. The van der Waals surface area contributed by atoms with Crippen LogP contribution in [0.15, 0.2) is 0 Å². The number of nitrogens with zero attached hydrogens (tertiary/aromatic N) is 1. The van der Waals surface area contributed by atoms with E-state index in [9.17, 15) is 14.7 Å². The maximum Gasteiger partial charge on any atom is 0.321 e. The van der Waals surface area contributed by atoms with Crippen molar-refractivity contribution in [1.29, 1.82) is 0 Å². The van der Waals surface area contributed by atoms with Crippen LogP contribution in [0.3, 0.4) is 0 Å². The minimum atomic E-state index is -0.623. The molecule has 1 rings (SSSR count). The molecule has 0 aromatic rings. The number of urea groups is 1. The number of hydrogen-bond donors (Lipinski definition) is 3. The van der Waals surface area contributed by atoms with Crippen LogP contribution in [-0.2, 0) is 4.79 Å². The second kappa shape index (κ2) is 6.86. The number of carbonyl (C=O) groups excluding carboxylic acids is 2. The zero-order valence-corrected chi connectivity index (χ0v) is 12.0. The minimum absolute atomic E-state index is 0.200. The van der Waals surface area contributed by atoms with Crippen LogP contribution >= 0.6 is 0 Å². The summed E-state index contributed by atoms with van der Waals surface area (Å²) >= 11 is 0. The van der Waals surface area contributed by atoms with Crippen LogP contribution in [0.4, 0.5) is 4.79 Å². The van der Waals surface area contributed by atoms with Crippen LogP contribution in [0, 0.1) is 5.92 Å². The van der Waals surface area contributed by atoms with E-state index in [1.165, 1.54) is 0 Å². The van der Waals surface area contributed by atoms with E-state index in [-0.39, 0.29) is 12.5 Å². The van der Waals surface area contributed by atoms with Crippen LogP contribution in [0.25, 0.3) is 0 Å². The topological polar surface area (TPSA) is 81.7 Å². The van der Waals surface area contributed by atoms with Crippen LogP contribution in [0.1, 0.15) is 33.6 Å². The zero-order valence-electron chi connectivity index (χ0n) is 12.0. The van der Waals surface area contributed by atoms with Gasteiger partial charge in [-0.3, -0.25) is 15.0 Å². The van der Waals surface area contributed by atoms with E-state index in [0.717, 1.165) is 0 Å². The van der Waals surface area contributed by atoms with E-state index in [2.05, 4.69) is 10.6 Å². The molecule has 0 aromatic heterocycles. The maximum atomic E-state index is 11.7. The molecule has 3 N–H and O–H groups in total. The van der Waals surface area contributed by atoms with Crippen molar-refractivity contribution in [3.63, 3.8) is 0 Å². The fraction of sp³-hybridized carbons (Fsp3) is 0.846. The summed E-state index contributed by atoms with van der Waals surface area (Å²) in [6.07, 6.45) is 1.31. The molecule has 1 saturated heterocycles. The fourth-order valence-corrected chi connectivity index (χ4v) is 1.90. The number of likely N-dealkylation sites (tertiary alicyclic amines) is 1. The summed E-state index contributed by atoms with van der Waals surface area (Å²) in [6.45, 7) is 7.88. The van der Waals surface area contributed by atoms with Crippen molar-refractivity contribution < 1.29 is 14.7 Å². The first-order chi connectivity index (χ1) is 8.78. The smallest absolute Gasteiger partial charge is 0.321 e. The third-order valence-electron chi connectivity index (χ3n) is 3.22. The molecule has 0 aliphatic carbocycles. The zero-order chi connectivity index (χ0) is 14.5. The Morgan fingerprint density at radius 1 is 1.32 bits per heavy atom. The molecule has 0 unspecified atom stereocenters. The number of piperidine rings is 1. The molecular weight excluding hydrogens is 246 g/mol. The molecule has 0 bridgehead atoms. The summed E-state index contributed by atoms with van der Waals surface area (Å²) in [7, 11) is 0. The Labute approximate surface area is 114 Å². The van der Waals surface area contributed by atoms with Crippen LogP contribution in [0.2, 0.25) is 0 Å². The van der Waals surface area contributed by atoms with Crippen molar-refractivity contribution in [2.24, 2.45) is 5.92 Å². The van der Waals surface area contributed by atoms with Gasteiger partial charge < -0.3 is 10.4 Å². The molecular formula is C13H25N3O3. The standard InChI is InChI=1S/C13H25N3O3/c1-10(2)8-14-12(18)15-11(17)9-16-6-4-13(3,19)5-7-16/h10,19H,4-9H2,1-3H3,(H2,14,15,17,18). The van der Waals surface area contributed by atoms with E-state index in [1.807, 2.05) is 25.7 Å². The molecule has 0 saturated carbocycles. The number of nitrogens with one attached hydrogen (secondary N) is 2. The van der Waals surface area contributed by atoms with Gasteiger partial charge in [0.05, 0.1) is 12.1 Å². The quantitative estimate of drug-likeness (QED) is 0.687. The molecule has 0 aromatic carbocycles. The van der Waals surface area contributed by atoms with Crippen molar-refractivity contribution in [2.75, 3.05) is 26.2 Å². The van der Waals surface area contributed by atoms with E-state index < -0.39 is 11.6 Å². The molecule has 1 fully saturated rings. The lowest BCUT2D eigenvalue weighted by atomic mass is 9.94. The molecule has 1 aliphatic rings. The van der Waals surface area contributed by atoms with Crippen molar-refractivity contribution >= 4 is 11.9 Å². The number of hydrogen-bond acceptors (Lipinski definition) is 4. The average molecular weight is 271 g/mol. The van der Waals surface area contributed by atoms with E-state index in [0.29, 0.717) is 38.4 Å². The van der Waals surface area contributed by atoms with Gasteiger partial charge in [-0.15, -0.1) is 0 Å². The third-order valence-corrected chi connectivity index (χ3v) is 3.22. The molecule has 1 aliphatic heterocycles. The molecule has 6 nitrogen and oxygen atoms in total. The Morgan fingerprint density at radius 2 is 1.89 bits per heavy atom. The van der Waals surface area contributed by atoms with Gasteiger partial charge in [0.25, 0.3) is 0 Å². The first-order valence-electron chi connectivity index (χ1n) is 6.81. The van der Waals surface area contributed by atoms with E-state index >= 15 is 0 Å². The van der Waals surface area contributed by atoms with Gasteiger partial charge in [-0.25, -0.2) is 4.79 Å². The Hall–Kier alpha value is -1.14. The fourth-order valence-electron chi connectivity index (χ4n) is 1.90. The highest BCUT2D eigenvalue weighted by Gasteiger charge is 2.28. The first kappa shape index (κ1) is 15.9. The van der Waals surface area contributed by atoms with E-state index in [4.69, 9.17) is 0 Å². The molecule has 110 valence electrons. The van der Waals surface area contributed by atoms with Crippen molar-refractivity contribution in [3.05, 3.63) is 0 Å². The number of aliphatic hydroxyl groups is 1. The molecule has 1 heterocycles. The van der Waals surface area contributed by atoms with Gasteiger partial charge in [0, 0.05) is 19.6 Å². The first-order valence-corrected chi connectivity index (χ1v) is 6.81. The second-order valence-corrected chi connectivity index (χ2v) is 5.93. The molecule has 0 atom stereocenters. The summed E-state index contributed by atoms with van der Waals surface area (Å²) in [5, 5.41) is 14.7. The lowest BCUT2D eigenvalue weighted by Gasteiger charge is -2.35. The lowest BCUT2D eigenvalue weighted by Crippen LogP contribution is -2.49. The van der Waals surface area contributed by atoms with Crippen LogP contribution < -0.4 is 10.6 Å². The third kappa shape index (κ3) is 6.54. The summed E-state index contributed by atoms with van der Waals surface area (Å²) in [5.74, 6) is 0.0491. The number of amides is 3. The maximum absolute atomic E-state index is 11.7. The highest BCUT2D eigenvalue weighted by atomic mass is 16.3. The number of imide groups is 1. The highest BCUT2D eigenvalue weighted by Crippen LogP contribution is 2.20. The largest absolute Gasteiger partial charge is 0.390 e. The van der Waals surface area contributed by atoms with Crippen molar-refractivity contribution in [1.82, 2.24) is 15.5 Å². The molecule has 0 radical (unpaired) electrons. The number of rotatable bonds is 4. The molecule has 19 heavy (non-hydrogen) atoms. The van der Waals surface area contributed by atoms with Crippen molar-refractivity contribution in [2.45, 2.75) is 39.2 Å². The van der Waals surface area contributed by atoms with Gasteiger partial charge in [0.1, 0.15) is 0 Å². The van der Waals surface area contributed by atoms with Gasteiger partial charge >= 0.3 is 6.03 Å². The normalized spacial score (nSPS) is 19.2. The van der Waals surface area contributed by atoms with Gasteiger partial charge in [-0.2, -0.15) is 0 Å². The Morgan fingerprint density at radius 3 is 2.42 bits per heavy atom. The summed E-state index contributed by atoms with van der Waals surface area (Å²) < 4.78 is 0. The Kier molecular flexibility index (Phi) is 5.75. The lowest BCUT2D eigenvalue weighted by molar-refractivity contribution is -0.122. The monoisotopic (exact) mass is 271 g/mol. The highest BCUT2D eigenvalue weighted by molar-refractivity contribution is 5.95. The molecule has 0 spiro atoms. The summed E-state index contributed by atoms with van der Waals surface area (Å²) in [6, 6.07) is -0.442. The van der Waals surface area contributed by atoms with Gasteiger partial charge in [-0.05, 0) is 25.7 Å². The van der Waals surface area contributed by atoms with Crippen LogP contribution in [-0.4, -0.2) is 53.7 Å². The predicted molar refractivity (Wildman–Crippen MR) is 72.7 cm³/mol. The molecule has 6 heteroatoms. The van der Waals surface area contributed by atoms with E-state index in [1.54, 1.807) is 0 Å². The van der Waals surface area contributed by atoms with Crippen LogP contribution in [0.5, 0.6) is 0 Å². The van der Waals surface area contributed by atoms with Gasteiger partial charge in [0.2, 0.25) is 5.91 Å². The SMILES string of the molecule is CC(C)CNC(=O)NC(=O)CN1CCC(C)(O)CC1. The summed E-state index contributed by atoms with van der Waals surface area (Å²) in [4.78, 5) is 25.0. The van der Waals surface area contributed by atoms with Gasteiger partial charge in [0.15, 0.2) is 0 Å². The predicted octanol–water partition coefficient (Wildman–Crippen LogP) is 0.315.